The number of halogens is 1. The average molecular weight is 331 g/mol. The first-order valence-corrected chi connectivity index (χ1v) is 8.91. The van der Waals surface area contributed by atoms with E-state index in [4.69, 9.17) is 17.3 Å². The number of hydrogen-bond acceptors (Lipinski definition) is 3. The van der Waals surface area contributed by atoms with Crippen LogP contribution in [0, 0.1) is 18.3 Å². The molecule has 1 fully saturated rings. The number of benzene rings is 1. The van der Waals surface area contributed by atoms with Crippen LogP contribution in [0.3, 0.4) is 0 Å². The molecule has 6 heteroatoms. The van der Waals surface area contributed by atoms with Crippen molar-refractivity contribution in [3.8, 4) is 0 Å². The summed E-state index contributed by atoms with van der Waals surface area (Å²) in [7, 11) is -3.58. The molecule has 0 bridgehead atoms. The molecule has 21 heavy (non-hydrogen) atoms. The monoisotopic (exact) mass is 330 g/mol. The van der Waals surface area contributed by atoms with Crippen molar-refractivity contribution >= 4 is 27.3 Å². The van der Waals surface area contributed by atoms with E-state index in [9.17, 15) is 8.42 Å². The first kappa shape index (κ1) is 16.6. The van der Waals surface area contributed by atoms with Gasteiger partial charge in [-0.2, -0.15) is 4.31 Å². The smallest absolute Gasteiger partial charge is 0.244 e. The molecule has 1 aromatic rings. The number of rotatable bonds is 2. The van der Waals surface area contributed by atoms with Gasteiger partial charge in [-0.3, -0.25) is 0 Å². The molecule has 0 radical (unpaired) electrons. The third-order valence-electron chi connectivity index (χ3n) is 4.31. The summed E-state index contributed by atoms with van der Waals surface area (Å²) < 4.78 is 27.1. The highest BCUT2D eigenvalue weighted by Crippen LogP contribution is 2.37. The first-order valence-electron chi connectivity index (χ1n) is 7.09. The fourth-order valence-corrected chi connectivity index (χ4v) is 4.75. The van der Waals surface area contributed by atoms with Crippen molar-refractivity contribution in [3.63, 3.8) is 0 Å². The van der Waals surface area contributed by atoms with Gasteiger partial charge in [0.2, 0.25) is 10.0 Å². The van der Waals surface area contributed by atoms with E-state index in [0.29, 0.717) is 24.7 Å². The molecule has 1 saturated heterocycles. The molecule has 1 aliphatic heterocycles. The number of anilines is 1. The van der Waals surface area contributed by atoms with Gasteiger partial charge >= 0.3 is 0 Å². The van der Waals surface area contributed by atoms with Crippen LogP contribution in [-0.2, 0) is 10.0 Å². The molecule has 1 unspecified atom stereocenters. The van der Waals surface area contributed by atoms with Crippen LogP contribution in [0.4, 0.5) is 5.69 Å². The fraction of sp³-hybridized carbons (Fsp3) is 0.600. The zero-order chi connectivity index (χ0) is 16.0. The number of nitrogens with zero attached hydrogens (tertiary/aromatic N) is 1. The normalized spacial score (nSPS) is 20.9. The summed E-state index contributed by atoms with van der Waals surface area (Å²) >= 11 is 6.13. The quantitative estimate of drug-likeness (QED) is 0.846. The Hall–Kier alpha value is -0.780. The second-order valence-corrected chi connectivity index (χ2v) is 9.17. The maximum atomic E-state index is 12.8. The molecule has 4 nitrogen and oxygen atoms in total. The number of sulfonamides is 1. The van der Waals surface area contributed by atoms with Crippen LogP contribution >= 0.6 is 11.6 Å². The largest absolute Gasteiger partial charge is 0.398 e. The van der Waals surface area contributed by atoms with E-state index in [1.807, 2.05) is 6.92 Å². The Morgan fingerprint density at radius 3 is 2.48 bits per heavy atom. The highest BCUT2D eigenvalue weighted by Gasteiger charge is 2.38. The number of hydrogen-bond donors (Lipinski definition) is 1. The van der Waals surface area contributed by atoms with Gasteiger partial charge < -0.3 is 5.73 Å². The van der Waals surface area contributed by atoms with Crippen LogP contribution in [0.1, 0.15) is 32.8 Å². The summed E-state index contributed by atoms with van der Waals surface area (Å²) in [5.74, 6) is 0.355. The molecule has 0 aliphatic carbocycles. The molecule has 2 N–H and O–H groups in total. The van der Waals surface area contributed by atoms with Gasteiger partial charge in [-0.15, -0.1) is 0 Å². The topological polar surface area (TPSA) is 63.4 Å². The van der Waals surface area contributed by atoms with Crippen LogP contribution in [-0.4, -0.2) is 25.8 Å². The SMILES string of the molecule is Cc1cc(Cl)c(S(=O)(=O)N2CCC(C(C)(C)C)C2)cc1N. The molecular formula is C15H23ClN2O2S. The van der Waals surface area contributed by atoms with E-state index < -0.39 is 10.0 Å². The summed E-state index contributed by atoms with van der Waals surface area (Å²) in [6.07, 6.45) is 0.877. The van der Waals surface area contributed by atoms with Crippen LogP contribution in [0.2, 0.25) is 5.02 Å². The number of nitrogens with two attached hydrogens (primary N) is 1. The number of nitrogen functional groups attached to an aromatic ring is 1. The Labute approximate surface area is 132 Å². The average Bonchev–Trinajstić information content (AvgIpc) is 2.83. The maximum Gasteiger partial charge on any atom is 0.244 e. The van der Waals surface area contributed by atoms with E-state index in [0.717, 1.165) is 12.0 Å². The second kappa shape index (κ2) is 5.45. The molecule has 0 amide bonds. The van der Waals surface area contributed by atoms with Crippen molar-refractivity contribution in [1.29, 1.82) is 0 Å². The molecule has 0 spiro atoms. The van der Waals surface area contributed by atoms with E-state index in [-0.39, 0.29) is 15.3 Å². The van der Waals surface area contributed by atoms with Crippen LogP contribution in [0.25, 0.3) is 0 Å². The van der Waals surface area contributed by atoms with Gasteiger partial charge in [-0.1, -0.05) is 32.4 Å². The third kappa shape index (κ3) is 3.20. The lowest BCUT2D eigenvalue weighted by molar-refractivity contribution is 0.252. The molecule has 0 aromatic heterocycles. The standard InChI is InChI=1S/C15H23ClN2O2S/c1-10-7-12(16)14(8-13(10)17)21(19,20)18-6-5-11(9-18)15(2,3)4/h7-8,11H,5-6,9,17H2,1-4H3. The Morgan fingerprint density at radius 1 is 1.33 bits per heavy atom. The van der Waals surface area contributed by atoms with Crippen molar-refractivity contribution in [2.24, 2.45) is 11.3 Å². The van der Waals surface area contributed by atoms with Gasteiger partial charge in [0.1, 0.15) is 4.90 Å². The minimum absolute atomic E-state index is 0.0976. The lowest BCUT2D eigenvalue weighted by atomic mass is 9.80. The lowest BCUT2D eigenvalue weighted by Crippen LogP contribution is -2.31. The maximum absolute atomic E-state index is 12.8. The van der Waals surface area contributed by atoms with Crippen LogP contribution < -0.4 is 5.73 Å². The summed E-state index contributed by atoms with van der Waals surface area (Å²) in [5, 5.41) is 0.237. The Morgan fingerprint density at radius 2 is 1.95 bits per heavy atom. The van der Waals surface area contributed by atoms with E-state index >= 15 is 0 Å². The molecule has 118 valence electrons. The van der Waals surface area contributed by atoms with Gasteiger partial charge in [-0.05, 0) is 42.4 Å². The molecule has 1 heterocycles. The van der Waals surface area contributed by atoms with E-state index in [1.165, 1.54) is 10.4 Å². The van der Waals surface area contributed by atoms with Crippen molar-refractivity contribution in [1.82, 2.24) is 4.31 Å². The summed E-state index contributed by atoms with van der Waals surface area (Å²) in [4.78, 5) is 0.113. The zero-order valence-corrected chi connectivity index (χ0v) is 14.6. The number of aryl methyl sites for hydroxylation is 1. The predicted octanol–water partition coefficient (Wildman–Crippen LogP) is 3.29. The summed E-state index contributed by atoms with van der Waals surface area (Å²) in [5.41, 5.74) is 7.17. The fourth-order valence-electron chi connectivity index (χ4n) is 2.66. The van der Waals surface area contributed by atoms with Crippen molar-refractivity contribution in [2.45, 2.75) is 39.0 Å². The highest BCUT2D eigenvalue weighted by atomic mass is 35.5. The van der Waals surface area contributed by atoms with Crippen molar-refractivity contribution < 1.29 is 8.42 Å². The van der Waals surface area contributed by atoms with E-state index in [2.05, 4.69) is 20.8 Å². The molecular weight excluding hydrogens is 308 g/mol. The Balaban J connectivity index is 2.34. The zero-order valence-electron chi connectivity index (χ0n) is 13.0. The van der Waals surface area contributed by atoms with Crippen LogP contribution in [0.15, 0.2) is 17.0 Å². The lowest BCUT2D eigenvalue weighted by Gasteiger charge is -2.27. The summed E-state index contributed by atoms with van der Waals surface area (Å²) in [6, 6.07) is 3.08. The van der Waals surface area contributed by atoms with Gasteiger partial charge in [-0.25, -0.2) is 8.42 Å². The minimum Gasteiger partial charge on any atom is -0.398 e. The predicted molar refractivity (Wildman–Crippen MR) is 86.9 cm³/mol. The molecule has 1 aromatic carbocycles. The van der Waals surface area contributed by atoms with Gasteiger partial charge in [0.15, 0.2) is 0 Å². The van der Waals surface area contributed by atoms with Crippen LogP contribution in [0.5, 0.6) is 0 Å². The van der Waals surface area contributed by atoms with Gasteiger partial charge in [0.25, 0.3) is 0 Å². The van der Waals surface area contributed by atoms with Gasteiger partial charge in [0, 0.05) is 18.8 Å². The Bertz CT molecular complexity index is 650. The van der Waals surface area contributed by atoms with E-state index in [1.54, 1.807) is 6.07 Å². The minimum atomic E-state index is -3.58. The van der Waals surface area contributed by atoms with Gasteiger partial charge in [0.05, 0.1) is 5.02 Å². The first-order chi connectivity index (χ1) is 9.53. The Kier molecular flexibility index (Phi) is 4.30. The van der Waals surface area contributed by atoms with Crippen molar-refractivity contribution in [2.75, 3.05) is 18.8 Å². The molecule has 1 atom stereocenters. The molecule has 1 aliphatic rings. The molecule has 2 rings (SSSR count). The molecule has 0 saturated carbocycles. The van der Waals surface area contributed by atoms with Crippen molar-refractivity contribution in [3.05, 3.63) is 22.7 Å². The highest BCUT2D eigenvalue weighted by molar-refractivity contribution is 7.89. The second-order valence-electron chi connectivity index (χ2n) is 6.85. The third-order valence-corrected chi connectivity index (χ3v) is 6.64. The summed E-state index contributed by atoms with van der Waals surface area (Å²) in [6.45, 7) is 9.31.